The molecule has 8 nitrogen and oxygen atoms in total. The molecule has 0 atom stereocenters. The van der Waals surface area contributed by atoms with E-state index in [4.69, 9.17) is 4.42 Å². The van der Waals surface area contributed by atoms with Crippen molar-refractivity contribution in [2.45, 2.75) is 19.9 Å². The maximum atomic E-state index is 13.1. The zero-order valence-electron chi connectivity index (χ0n) is 19.1. The van der Waals surface area contributed by atoms with Crippen LogP contribution in [0.2, 0.25) is 0 Å². The fourth-order valence-electron chi connectivity index (χ4n) is 4.57. The van der Waals surface area contributed by atoms with Gasteiger partial charge in [-0.2, -0.15) is 0 Å². The van der Waals surface area contributed by atoms with Crippen molar-refractivity contribution >= 4 is 33.5 Å². The highest BCUT2D eigenvalue weighted by molar-refractivity contribution is 5.91. The lowest BCUT2D eigenvalue weighted by Gasteiger charge is -2.10. The van der Waals surface area contributed by atoms with E-state index in [0.29, 0.717) is 29.9 Å². The zero-order valence-corrected chi connectivity index (χ0v) is 19.1. The molecule has 5 aromatic heterocycles. The lowest BCUT2D eigenvalue weighted by molar-refractivity contribution is 0.0924. The minimum atomic E-state index is -0.287. The molecule has 0 aliphatic rings. The molecule has 0 saturated heterocycles. The van der Waals surface area contributed by atoms with Gasteiger partial charge in [0.05, 0.1) is 12.1 Å². The molecule has 0 unspecified atom stereocenters. The fourth-order valence-corrected chi connectivity index (χ4v) is 4.57. The molecule has 1 amide bonds. The summed E-state index contributed by atoms with van der Waals surface area (Å²) >= 11 is 0. The molecule has 0 aliphatic heterocycles. The number of aromatic nitrogens is 4. The third-order valence-electron chi connectivity index (χ3n) is 6.30. The molecule has 6 rings (SSSR count). The number of benzene rings is 1. The van der Waals surface area contributed by atoms with E-state index in [2.05, 4.69) is 40.4 Å². The van der Waals surface area contributed by atoms with Crippen molar-refractivity contribution in [1.82, 2.24) is 24.3 Å². The number of aryl methyl sites for hydroxylation is 1. The Morgan fingerprint density at radius 2 is 2.00 bits per heavy atom. The largest absolute Gasteiger partial charge is 0.454 e. The Balaban J connectivity index is 1.19. The second-order valence-electron chi connectivity index (χ2n) is 8.64. The van der Waals surface area contributed by atoms with Gasteiger partial charge in [-0.25, -0.2) is 4.98 Å². The number of nitrogens with one attached hydrogen (secondary N) is 2. The Kier molecular flexibility index (Phi) is 4.99. The van der Waals surface area contributed by atoms with Crippen molar-refractivity contribution in [2.24, 2.45) is 0 Å². The summed E-state index contributed by atoms with van der Waals surface area (Å²) < 4.78 is 9.21. The van der Waals surface area contributed by atoms with Gasteiger partial charge in [-0.15, -0.1) is 0 Å². The number of carbonyl (C=O) groups is 1. The third kappa shape index (κ3) is 3.69. The maximum Gasteiger partial charge on any atom is 0.287 e. The number of pyridine rings is 1. The molecule has 8 heteroatoms. The van der Waals surface area contributed by atoms with Gasteiger partial charge in [0.25, 0.3) is 11.5 Å². The Morgan fingerprint density at radius 3 is 2.91 bits per heavy atom. The number of hydrogen-bond acceptors (Lipinski definition) is 4. The second-order valence-corrected chi connectivity index (χ2v) is 8.64. The van der Waals surface area contributed by atoms with Crippen molar-refractivity contribution in [2.75, 3.05) is 6.54 Å². The van der Waals surface area contributed by atoms with Gasteiger partial charge in [0.15, 0.2) is 11.4 Å². The molecular formula is C27H23N5O3. The summed E-state index contributed by atoms with van der Waals surface area (Å²) in [7, 11) is 0. The molecule has 0 radical (unpaired) electrons. The van der Waals surface area contributed by atoms with Gasteiger partial charge in [0, 0.05) is 36.0 Å². The number of H-pyrrole nitrogens is 1. The number of aromatic amines is 1. The van der Waals surface area contributed by atoms with Crippen LogP contribution in [0.5, 0.6) is 0 Å². The number of amides is 1. The molecule has 35 heavy (non-hydrogen) atoms. The summed E-state index contributed by atoms with van der Waals surface area (Å²) in [6.45, 7) is 2.72. The first kappa shape index (κ1) is 21.0. The zero-order chi connectivity index (χ0) is 23.9. The smallest absolute Gasteiger partial charge is 0.287 e. The number of carbonyl (C=O) groups excluding carboxylic acids is 1. The predicted octanol–water partition coefficient (Wildman–Crippen LogP) is 4.05. The van der Waals surface area contributed by atoms with Crippen LogP contribution in [-0.2, 0) is 13.0 Å². The van der Waals surface area contributed by atoms with E-state index in [1.165, 1.54) is 10.9 Å². The number of furan rings is 1. The van der Waals surface area contributed by atoms with E-state index in [9.17, 15) is 9.59 Å². The van der Waals surface area contributed by atoms with Gasteiger partial charge < -0.3 is 19.1 Å². The maximum absolute atomic E-state index is 13.1. The van der Waals surface area contributed by atoms with Crippen molar-refractivity contribution in [3.05, 3.63) is 106 Å². The Labute approximate surface area is 199 Å². The van der Waals surface area contributed by atoms with Gasteiger partial charge in [0.1, 0.15) is 11.3 Å². The Morgan fingerprint density at radius 1 is 1.11 bits per heavy atom. The first-order valence-electron chi connectivity index (χ1n) is 11.5. The first-order chi connectivity index (χ1) is 17.1. The van der Waals surface area contributed by atoms with Crippen LogP contribution in [0, 0.1) is 6.92 Å². The van der Waals surface area contributed by atoms with Crippen LogP contribution in [0.4, 0.5) is 0 Å². The van der Waals surface area contributed by atoms with Crippen LogP contribution in [0.1, 0.15) is 27.4 Å². The Bertz CT molecular complexity index is 1770. The van der Waals surface area contributed by atoms with Crippen LogP contribution in [0.15, 0.2) is 82.4 Å². The van der Waals surface area contributed by atoms with E-state index < -0.39 is 0 Å². The molecule has 0 fully saturated rings. The van der Waals surface area contributed by atoms with E-state index in [-0.39, 0.29) is 23.8 Å². The number of fused-ring (bicyclic) bond motifs is 4. The summed E-state index contributed by atoms with van der Waals surface area (Å²) in [6.07, 6.45) is 6.19. The molecule has 5 heterocycles. The average molecular weight is 466 g/mol. The molecule has 0 spiro atoms. The van der Waals surface area contributed by atoms with E-state index in [1.54, 1.807) is 29.0 Å². The molecule has 6 aromatic rings. The highest BCUT2D eigenvalue weighted by atomic mass is 16.4. The summed E-state index contributed by atoms with van der Waals surface area (Å²) in [5, 5.41) is 4.10. The van der Waals surface area contributed by atoms with Crippen LogP contribution >= 0.6 is 0 Å². The number of rotatable bonds is 6. The van der Waals surface area contributed by atoms with E-state index >= 15 is 0 Å². The van der Waals surface area contributed by atoms with Gasteiger partial charge in [0.2, 0.25) is 0 Å². The molecule has 0 bridgehead atoms. The minimum absolute atomic E-state index is 0.169. The van der Waals surface area contributed by atoms with Crippen LogP contribution in [0.3, 0.4) is 0 Å². The second kappa shape index (κ2) is 8.32. The Hall–Kier alpha value is -4.59. The highest BCUT2D eigenvalue weighted by Gasteiger charge is 2.15. The van der Waals surface area contributed by atoms with Crippen molar-refractivity contribution in [3.63, 3.8) is 0 Å². The van der Waals surface area contributed by atoms with Gasteiger partial charge in [-0.05, 0) is 67.4 Å². The molecule has 0 aliphatic carbocycles. The van der Waals surface area contributed by atoms with Gasteiger partial charge >= 0.3 is 0 Å². The number of hydrogen-bond donors (Lipinski definition) is 2. The molecule has 1 aromatic carbocycles. The SMILES string of the molecule is Cc1ccc2[nH]cc(CCNC(=O)c3ccc(Cn4c(=O)c5cccn5c5cccnc54)o3)c2c1. The fraction of sp³-hybridized carbons (Fsp3) is 0.148. The van der Waals surface area contributed by atoms with Crippen LogP contribution in [0.25, 0.3) is 27.6 Å². The lowest BCUT2D eigenvalue weighted by Crippen LogP contribution is -2.25. The topological polar surface area (TPSA) is 97.3 Å². The highest BCUT2D eigenvalue weighted by Crippen LogP contribution is 2.20. The van der Waals surface area contributed by atoms with Crippen molar-refractivity contribution in [1.29, 1.82) is 0 Å². The third-order valence-corrected chi connectivity index (χ3v) is 6.30. The normalized spacial score (nSPS) is 11.6. The van der Waals surface area contributed by atoms with Crippen LogP contribution in [-0.4, -0.2) is 31.4 Å². The summed E-state index contributed by atoms with van der Waals surface area (Å²) in [6, 6.07) is 17.0. The monoisotopic (exact) mass is 465 g/mol. The molecule has 2 N–H and O–H groups in total. The van der Waals surface area contributed by atoms with Crippen LogP contribution < -0.4 is 10.9 Å². The minimum Gasteiger partial charge on any atom is -0.454 e. The van der Waals surface area contributed by atoms with Crippen molar-refractivity contribution < 1.29 is 9.21 Å². The van der Waals surface area contributed by atoms with Crippen molar-refractivity contribution in [3.8, 4) is 0 Å². The summed E-state index contributed by atoms with van der Waals surface area (Å²) in [5.41, 5.74) is 5.21. The number of nitrogens with zero attached hydrogens (tertiary/aromatic N) is 3. The summed E-state index contributed by atoms with van der Waals surface area (Å²) in [5.74, 6) is 0.431. The van der Waals surface area contributed by atoms with E-state index in [1.807, 2.05) is 35.0 Å². The lowest BCUT2D eigenvalue weighted by atomic mass is 10.1. The standard InChI is InChI=1S/C27H23N5O3/c1-17-6-8-21-20(14-17)18(15-30-21)10-12-29-26(33)24-9-7-19(35-24)16-32-25-22(4-2-11-28-25)31-13-3-5-23(31)27(32)34/h2-9,11,13-15,30H,10,12,16H2,1H3,(H,29,33). The summed E-state index contributed by atoms with van der Waals surface area (Å²) in [4.78, 5) is 33.5. The quantitative estimate of drug-likeness (QED) is 0.388. The molecule has 0 saturated carbocycles. The first-order valence-corrected chi connectivity index (χ1v) is 11.5. The average Bonchev–Trinajstić information content (AvgIpc) is 3.62. The van der Waals surface area contributed by atoms with Gasteiger partial charge in [-0.1, -0.05) is 11.6 Å². The van der Waals surface area contributed by atoms with Gasteiger partial charge in [-0.3, -0.25) is 14.2 Å². The molecule has 174 valence electrons. The predicted molar refractivity (Wildman–Crippen MR) is 134 cm³/mol. The van der Waals surface area contributed by atoms with E-state index in [0.717, 1.165) is 16.6 Å². The molecular weight excluding hydrogens is 442 g/mol.